The molecule has 0 amide bonds. The maximum Gasteiger partial charge on any atom is 0.498 e. The van der Waals surface area contributed by atoms with Gasteiger partial charge in [-0.3, -0.25) is 0 Å². The molecule has 0 radical (unpaired) electrons. The van der Waals surface area contributed by atoms with Gasteiger partial charge in [0.2, 0.25) is 0 Å². The standard InChI is InChI=1S/C19H25N3O2.ClH/c1-6-22(7-2)17-11-9-15(18(23)13-17)8-10-16-12-14(3)20(4)19(24)21(16)5;/h8-13H,6-7H2,1-5H3;1H. The molecule has 5 nitrogen and oxygen atoms in total. The Morgan fingerprint density at radius 3 is 2.40 bits per heavy atom. The van der Waals surface area contributed by atoms with Crippen molar-refractivity contribution in [3.63, 3.8) is 0 Å². The molecule has 0 saturated heterocycles. The minimum absolute atomic E-state index is 0. The van der Waals surface area contributed by atoms with E-state index in [2.05, 4.69) is 18.7 Å². The number of benzene rings is 1. The molecule has 25 heavy (non-hydrogen) atoms. The summed E-state index contributed by atoms with van der Waals surface area (Å²) >= 11 is 0. The zero-order chi connectivity index (χ0) is 17.9. The summed E-state index contributed by atoms with van der Waals surface area (Å²) in [7, 11) is 3.49. The molecular weight excluding hydrogens is 338 g/mol. The largest absolute Gasteiger partial charge is 1.00 e. The quantitative estimate of drug-likeness (QED) is 0.711. The van der Waals surface area contributed by atoms with Gasteiger partial charge in [0.15, 0.2) is 0 Å². The molecule has 2 aromatic rings. The first-order valence-corrected chi connectivity index (χ1v) is 8.21. The number of aryl methyl sites for hydroxylation is 1. The summed E-state index contributed by atoms with van der Waals surface area (Å²) in [5.41, 5.74) is 3.34. The summed E-state index contributed by atoms with van der Waals surface area (Å²) in [5, 5.41) is 10.3. The van der Waals surface area contributed by atoms with E-state index in [0.29, 0.717) is 0 Å². The van der Waals surface area contributed by atoms with Crippen LogP contribution in [0.25, 0.3) is 12.2 Å². The smallest absolute Gasteiger partial charge is 0.498 e. The maximum absolute atomic E-state index is 12.1. The van der Waals surface area contributed by atoms with Crippen LogP contribution in [0, 0.1) is 6.92 Å². The Kier molecular flexibility index (Phi) is 7.24. The van der Waals surface area contributed by atoms with Gasteiger partial charge >= 0.3 is 5.69 Å². The highest BCUT2D eigenvalue weighted by Gasteiger charge is 2.11. The second-order valence-corrected chi connectivity index (χ2v) is 5.86. The summed E-state index contributed by atoms with van der Waals surface area (Å²) in [5.74, 6) is 0.235. The van der Waals surface area contributed by atoms with Gasteiger partial charge in [-0.1, -0.05) is 0 Å². The third kappa shape index (κ3) is 4.42. The minimum atomic E-state index is -0.0734. The Labute approximate surface area is 155 Å². The number of rotatable bonds is 5. The van der Waals surface area contributed by atoms with Gasteiger partial charge in [0.1, 0.15) is 17.1 Å². The van der Waals surface area contributed by atoms with Crippen LogP contribution in [0.5, 0.6) is 5.75 Å². The lowest BCUT2D eigenvalue weighted by Crippen LogP contribution is -3.00. The van der Waals surface area contributed by atoms with Crippen molar-refractivity contribution in [3.05, 3.63) is 51.7 Å². The van der Waals surface area contributed by atoms with Crippen LogP contribution < -0.4 is 27.6 Å². The second kappa shape index (κ2) is 8.72. The van der Waals surface area contributed by atoms with Crippen LogP contribution in [0.2, 0.25) is 0 Å². The van der Waals surface area contributed by atoms with Gasteiger partial charge in [-0.05, 0) is 45.1 Å². The Balaban J connectivity index is 0.00000312. The van der Waals surface area contributed by atoms with Crippen molar-refractivity contribution >= 4 is 17.8 Å². The number of nitrogens with zero attached hydrogens (tertiary/aromatic N) is 3. The highest BCUT2D eigenvalue weighted by Crippen LogP contribution is 2.26. The van der Waals surface area contributed by atoms with E-state index < -0.39 is 0 Å². The molecule has 0 saturated carbocycles. The fraction of sp³-hybridized carbons (Fsp3) is 0.368. The second-order valence-electron chi connectivity index (χ2n) is 5.86. The van der Waals surface area contributed by atoms with Crippen LogP contribution in [-0.4, -0.2) is 22.8 Å². The van der Waals surface area contributed by atoms with Gasteiger partial charge in [0, 0.05) is 36.5 Å². The predicted molar refractivity (Wildman–Crippen MR) is 98.2 cm³/mol. The summed E-state index contributed by atoms with van der Waals surface area (Å²) in [4.78, 5) is 14.3. The molecular formula is C19H26ClN3O2. The molecule has 1 aromatic carbocycles. The molecule has 0 aliphatic rings. The third-order valence-electron chi connectivity index (χ3n) is 4.42. The van der Waals surface area contributed by atoms with E-state index in [0.717, 1.165) is 35.7 Å². The van der Waals surface area contributed by atoms with Crippen LogP contribution in [0.15, 0.2) is 29.1 Å². The number of hydrogen-bond acceptors (Lipinski definition) is 3. The summed E-state index contributed by atoms with van der Waals surface area (Å²) < 4.78 is 3.19. The Morgan fingerprint density at radius 1 is 1.20 bits per heavy atom. The lowest BCUT2D eigenvalue weighted by Gasteiger charge is -2.21. The van der Waals surface area contributed by atoms with Crippen molar-refractivity contribution in [3.8, 4) is 5.75 Å². The summed E-state index contributed by atoms with van der Waals surface area (Å²) in [6, 6.07) is 7.62. The van der Waals surface area contributed by atoms with E-state index in [9.17, 15) is 9.90 Å². The first-order valence-electron chi connectivity index (χ1n) is 8.21. The number of phenolic OH excluding ortho intramolecular Hbond substituents is 1. The maximum atomic E-state index is 12.1. The molecule has 1 heterocycles. The van der Waals surface area contributed by atoms with Gasteiger partial charge in [-0.2, -0.15) is 13.9 Å². The number of aromatic nitrogens is 2. The van der Waals surface area contributed by atoms with Crippen LogP contribution in [0.3, 0.4) is 0 Å². The number of anilines is 1. The van der Waals surface area contributed by atoms with E-state index in [1.54, 1.807) is 29.3 Å². The Hall–Kier alpha value is -2.27. The van der Waals surface area contributed by atoms with Crippen molar-refractivity contribution in [1.29, 1.82) is 0 Å². The van der Waals surface area contributed by atoms with Gasteiger partial charge in [0.05, 0.1) is 14.1 Å². The molecule has 0 atom stereocenters. The average Bonchev–Trinajstić information content (AvgIpc) is 2.57. The van der Waals surface area contributed by atoms with Crippen molar-refractivity contribution in [2.45, 2.75) is 20.8 Å². The fourth-order valence-corrected chi connectivity index (χ4v) is 2.69. The van der Waals surface area contributed by atoms with Crippen LogP contribution >= 0.6 is 0 Å². The van der Waals surface area contributed by atoms with Crippen molar-refractivity contribution < 1.29 is 22.1 Å². The number of phenols is 1. The minimum Gasteiger partial charge on any atom is -1.00 e. The zero-order valence-electron chi connectivity index (χ0n) is 15.5. The van der Waals surface area contributed by atoms with Gasteiger partial charge in [-0.15, -0.1) is 0 Å². The number of hydrogen-bond donors (Lipinski definition) is 1. The SMILES string of the molecule is CCN(CC)c1ccc(C=Cc2cc(C)n(C)c(=O)[n+]2C)c(O)c1.[Cl-]. The van der Waals surface area contributed by atoms with Gasteiger partial charge in [0.25, 0.3) is 0 Å². The van der Waals surface area contributed by atoms with Crippen LogP contribution in [-0.2, 0) is 14.1 Å². The molecule has 1 aromatic heterocycles. The van der Waals surface area contributed by atoms with Gasteiger partial charge in [-0.25, -0.2) is 0 Å². The molecule has 0 aliphatic heterocycles. The summed E-state index contributed by atoms with van der Waals surface area (Å²) in [6.07, 6.45) is 3.68. The van der Waals surface area contributed by atoms with Crippen molar-refractivity contribution in [1.82, 2.24) is 4.57 Å². The normalized spacial score (nSPS) is 10.8. The zero-order valence-corrected chi connectivity index (χ0v) is 16.2. The molecule has 0 fully saturated rings. The number of halogens is 1. The highest BCUT2D eigenvalue weighted by atomic mass is 35.5. The van der Waals surface area contributed by atoms with E-state index >= 15 is 0 Å². The summed E-state index contributed by atoms with van der Waals surface area (Å²) in [6.45, 7) is 7.87. The Bertz CT molecular complexity index is 824. The first-order chi connectivity index (χ1) is 11.4. The highest BCUT2D eigenvalue weighted by molar-refractivity contribution is 5.72. The molecule has 1 N–H and O–H groups in total. The van der Waals surface area contributed by atoms with Crippen molar-refractivity contribution in [2.24, 2.45) is 14.1 Å². The lowest BCUT2D eigenvalue weighted by molar-refractivity contribution is -0.692. The first kappa shape index (κ1) is 20.8. The van der Waals surface area contributed by atoms with Crippen LogP contribution in [0.4, 0.5) is 5.69 Å². The molecule has 2 rings (SSSR count). The topological polar surface area (TPSA) is 49.4 Å². The van der Waals surface area contributed by atoms with E-state index in [1.807, 2.05) is 37.3 Å². The molecule has 0 bridgehead atoms. The molecule has 0 aliphatic carbocycles. The molecule has 136 valence electrons. The predicted octanol–water partition coefficient (Wildman–Crippen LogP) is -0.756. The Morgan fingerprint density at radius 2 is 1.84 bits per heavy atom. The molecule has 0 spiro atoms. The molecule has 6 heteroatoms. The van der Waals surface area contributed by atoms with Crippen LogP contribution in [0.1, 0.15) is 30.8 Å². The van der Waals surface area contributed by atoms with E-state index in [-0.39, 0.29) is 23.8 Å². The van der Waals surface area contributed by atoms with E-state index in [4.69, 9.17) is 0 Å². The van der Waals surface area contributed by atoms with Crippen molar-refractivity contribution in [2.75, 3.05) is 18.0 Å². The third-order valence-corrected chi connectivity index (χ3v) is 4.42. The average molecular weight is 364 g/mol. The van der Waals surface area contributed by atoms with E-state index in [1.165, 1.54) is 0 Å². The number of aromatic hydroxyl groups is 1. The lowest BCUT2D eigenvalue weighted by atomic mass is 10.1. The van der Waals surface area contributed by atoms with Gasteiger partial charge < -0.3 is 22.4 Å². The molecule has 0 unspecified atom stereocenters. The fourth-order valence-electron chi connectivity index (χ4n) is 2.69. The monoisotopic (exact) mass is 363 g/mol.